The third kappa shape index (κ3) is 4.76. The zero-order valence-electron chi connectivity index (χ0n) is 16.7. The van der Waals surface area contributed by atoms with E-state index in [9.17, 15) is 5.11 Å². The highest BCUT2D eigenvalue weighted by Crippen LogP contribution is 2.46. The van der Waals surface area contributed by atoms with Gasteiger partial charge in [-0.15, -0.1) is 21.6 Å². The number of benzene rings is 2. The van der Waals surface area contributed by atoms with Crippen LogP contribution in [0.3, 0.4) is 0 Å². The molecular weight excluding hydrogens is 521 g/mol. The Morgan fingerprint density at radius 1 is 1.00 bits per heavy atom. The molecule has 1 unspecified atom stereocenters. The van der Waals surface area contributed by atoms with Crippen LogP contribution in [0.5, 0.6) is 5.88 Å². The minimum atomic E-state index is -0.236. The lowest BCUT2D eigenvalue weighted by Gasteiger charge is -2.22. The lowest BCUT2D eigenvalue weighted by molar-refractivity contribution is 0.458. The molecule has 33 heavy (non-hydrogen) atoms. The quantitative estimate of drug-likeness (QED) is 0.260. The second kappa shape index (κ2) is 9.40. The highest BCUT2D eigenvalue weighted by Gasteiger charge is 2.34. The Labute approximate surface area is 212 Å². The van der Waals surface area contributed by atoms with Crippen molar-refractivity contribution in [2.75, 3.05) is 5.01 Å². The fourth-order valence-electron chi connectivity index (χ4n) is 3.36. The molecule has 1 N–H and O–H groups in total. The number of aromatic nitrogens is 1. The minimum Gasteiger partial charge on any atom is -0.491 e. The minimum absolute atomic E-state index is 0.219. The van der Waals surface area contributed by atoms with Gasteiger partial charge in [0.15, 0.2) is 0 Å². The SMILES string of the molecule is Oc1nc(N2N=C(c3cccs3)CC2c2cc(Cl)ccc2Cl)sc1N=Nc1ccc(Cl)cc1. The first-order valence-corrected chi connectivity index (χ1v) is 12.5. The molecule has 0 aliphatic carbocycles. The largest absolute Gasteiger partial charge is 0.491 e. The number of rotatable bonds is 5. The van der Waals surface area contributed by atoms with Gasteiger partial charge in [0.05, 0.1) is 22.3 Å². The Balaban J connectivity index is 1.51. The predicted octanol–water partition coefficient (Wildman–Crippen LogP) is 8.64. The number of thiophene rings is 1. The molecule has 1 aliphatic heterocycles. The molecule has 1 aliphatic rings. The molecule has 0 saturated carbocycles. The van der Waals surface area contributed by atoms with Crippen molar-refractivity contribution in [3.05, 3.63) is 85.5 Å². The number of thiazole rings is 1. The topological polar surface area (TPSA) is 73.4 Å². The van der Waals surface area contributed by atoms with Crippen LogP contribution in [-0.4, -0.2) is 15.8 Å². The molecule has 0 fully saturated rings. The van der Waals surface area contributed by atoms with Crippen molar-refractivity contribution in [2.24, 2.45) is 15.3 Å². The van der Waals surface area contributed by atoms with Crippen molar-refractivity contribution in [2.45, 2.75) is 12.5 Å². The number of hydrogen-bond donors (Lipinski definition) is 1. The second-order valence-electron chi connectivity index (χ2n) is 7.06. The third-order valence-electron chi connectivity index (χ3n) is 4.89. The first kappa shape index (κ1) is 22.3. The first-order valence-electron chi connectivity index (χ1n) is 9.70. The molecular formula is C22H14Cl3N5OS2. The summed E-state index contributed by atoms with van der Waals surface area (Å²) in [6, 6.07) is 16.0. The van der Waals surface area contributed by atoms with Gasteiger partial charge in [-0.3, -0.25) is 0 Å². The number of hydrogen-bond acceptors (Lipinski definition) is 8. The fraction of sp³-hybridized carbons (Fsp3) is 0.0909. The van der Waals surface area contributed by atoms with Gasteiger partial charge in [-0.25, -0.2) is 5.01 Å². The van der Waals surface area contributed by atoms with Crippen molar-refractivity contribution in [1.82, 2.24) is 4.98 Å². The van der Waals surface area contributed by atoms with E-state index in [1.54, 1.807) is 52.7 Å². The zero-order valence-corrected chi connectivity index (χ0v) is 20.6. The zero-order chi connectivity index (χ0) is 22.9. The van der Waals surface area contributed by atoms with Gasteiger partial charge in [0.2, 0.25) is 10.1 Å². The summed E-state index contributed by atoms with van der Waals surface area (Å²) in [6.07, 6.45) is 0.614. The van der Waals surface area contributed by atoms with Crippen molar-refractivity contribution < 1.29 is 5.11 Å². The van der Waals surface area contributed by atoms with Crippen LogP contribution in [0, 0.1) is 0 Å². The van der Waals surface area contributed by atoms with Crippen LogP contribution in [0.2, 0.25) is 15.1 Å². The number of halogens is 3. The van der Waals surface area contributed by atoms with Crippen LogP contribution < -0.4 is 5.01 Å². The van der Waals surface area contributed by atoms with Crippen molar-refractivity contribution in [1.29, 1.82) is 0 Å². The number of azo groups is 1. The molecule has 2 aromatic carbocycles. The summed E-state index contributed by atoms with van der Waals surface area (Å²) in [5.74, 6) is -0.219. The maximum Gasteiger partial charge on any atom is 0.253 e. The fourth-order valence-corrected chi connectivity index (χ4v) is 5.41. The molecule has 3 heterocycles. The molecule has 0 amide bonds. The van der Waals surface area contributed by atoms with Crippen LogP contribution >= 0.6 is 57.5 Å². The van der Waals surface area contributed by atoms with E-state index < -0.39 is 0 Å². The Hall–Kier alpha value is -2.49. The molecule has 11 heteroatoms. The summed E-state index contributed by atoms with van der Waals surface area (Å²) in [4.78, 5) is 5.37. The summed E-state index contributed by atoms with van der Waals surface area (Å²) in [5.41, 5.74) is 2.35. The highest BCUT2D eigenvalue weighted by molar-refractivity contribution is 7.19. The van der Waals surface area contributed by atoms with Gasteiger partial charge in [0, 0.05) is 21.5 Å². The molecule has 166 valence electrons. The molecule has 0 spiro atoms. The number of nitrogens with zero attached hydrogens (tertiary/aromatic N) is 5. The van der Waals surface area contributed by atoms with Gasteiger partial charge < -0.3 is 5.11 Å². The van der Waals surface area contributed by atoms with Gasteiger partial charge in [0.1, 0.15) is 0 Å². The number of hydrazone groups is 1. The molecule has 1 atom stereocenters. The summed E-state index contributed by atoms with van der Waals surface area (Å²) in [5, 5.41) is 29.9. The first-order chi connectivity index (χ1) is 16.0. The Morgan fingerprint density at radius 2 is 1.79 bits per heavy atom. The average molecular weight is 535 g/mol. The maximum absolute atomic E-state index is 10.4. The van der Waals surface area contributed by atoms with Crippen LogP contribution in [0.4, 0.5) is 15.8 Å². The molecule has 6 nitrogen and oxygen atoms in total. The second-order valence-corrected chi connectivity index (χ2v) is 10.2. The van der Waals surface area contributed by atoms with E-state index in [1.807, 2.05) is 23.6 Å². The monoisotopic (exact) mass is 533 g/mol. The number of aromatic hydroxyl groups is 1. The smallest absolute Gasteiger partial charge is 0.253 e. The summed E-state index contributed by atoms with van der Waals surface area (Å²) < 4.78 is 0. The van der Waals surface area contributed by atoms with E-state index in [1.165, 1.54) is 11.3 Å². The van der Waals surface area contributed by atoms with E-state index >= 15 is 0 Å². The Kier molecular flexibility index (Phi) is 6.36. The molecule has 0 bridgehead atoms. The van der Waals surface area contributed by atoms with Crippen molar-refractivity contribution >= 4 is 79.0 Å². The van der Waals surface area contributed by atoms with Gasteiger partial charge >= 0.3 is 0 Å². The van der Waals surface area contributed by atoms with E-state index in [2.05, 4.69) is 15.2 Å². The van der Waals surface area contributed by atoms with Crippen LogP contribution in [-0.2, 0) is 0 Å². The van der Waals surface area contributed by atoms with E-state index in [-0.39, 0.29) is 16.9 Å². The lowest BCUT2D eigenvalue weighted by atomic mass is 10.0. The van der Waals surface area contributed by atoms with E-state index in [0.717, 1.165) is 16.2 Å². The molecule has 0 radical (unpaired) electrons. The molecule has 0 saturated heterocycles. The third-order valence-corrected chi connectivity index (χ3v) is 7.56. The van der Waals surface area contributed by atoms with Crippen LogP contribution in [0.15, 0.2) is 75.3 Å². The molecule has 5 rings (SSSR count). The van der Waals surface area contributed by atoms with Crippen LogP contribution in [0.1, 0.15) is 22.9 Å². The van der Waals surface area contributed by atoms with Gasteiger partial charge in [0.25, 0.3) is 5.88 Å². The number of anilines is 1. The van der Waals surface area contributed by atoms with E-state index in [0.29, 0.717) is 32.3 Å². The predicted molar refractivity (Wildman–Crippen MR) is 137 cm³/mol. The summed E-state index contributed by atoms with van der Waals surface area (Å²) in [6.45, 7) is 0. The van der Waals surface area contributed by atoms with Crippen molar-refractivity contribution in [3.63, 3.8) is 0 Å². The van der Waals surface area contributed by atoms with Gasteiger partial charge in [-0.1, -0.05) is 52.2 Å². The van der Waals surface area contributed by atoms with E-state index in [4.69, 9.17) is 39.9 Å². The Morgan fingerprint density at radius 3 is 2.55 bits per heavy atom. The summed E-state index contributed by atoms with van der Waals surface area (Å²) >= 11 is 21.5. The standard InChI is InChI=1S/C22H14Cl3N5OS2/c23-12-3-6-14(7-4-12)27-28-21-20(31)26-22(33-21)30-18(15-10-13(24)5-8-16(15)25)11-17(29-30)19-2-1-9-32-19/h1-10,18,31H,11H2. The molecule has 2 aromatic heterocycles. The normalized spacial score (nSPS) is 16.0. The lowest BCUT2D eigenvalue weighted by Crippen LogP contribution is -2.18. The summed E-state index contributed by atoms with van der Waals surface area (Å²) in [7, 11) is 0. The Bertz CT molecular complexity index is 1350. The van der Waals surface area contributed by atoms with Gasteiger partial charge in [-0.2, -0.15) is 10.1 Å². The van der Waals surface area contributed by atoms with Crippen LogP contribution in [0.25, 0.3) is 0 Å². The highest BCUT2D eigenvalue weighted by atomic mass is 35.5. The van der Waals surface area contributed by atoms with Crippen molar-refractivity contribution in [3.8, 4) is 5.88 Å². The molecule has 4 aromatic rings. The average Bonchev–Trinajstić information content (AvgIpc) is 3.55. The maximum atomic E-state index is 10.4. The van der Waals surface area contributed by atoms with Gasteiger partial charge in [-0.05, 0) is 59.5 Å².